The Morgan fingerprint density at radius 1 is 1.41 bits per heavy atom. The minimum absolute atomic E-state index is 0. The molecule has 2 aliphatic rings. The molecule has 2 rings (SSSR count). The number of hydrogen-bond acceptors (Lipinski definition) is 5. The maximum absolute atomic E-state index is 12.0. The summed E-state index contributed by atoms with van der Waals surface area (Å²) in [6, 6.07) is 0. The third-order valence-corrected chi connectivity index (χ3v) is 6.52. The molecule has 0 radical (unpaired) electrons. The van der Waals surface area contributed by atoms with Crippen LogP contribution in [-0.2, 0) is 14.3 Å². The summed E-state index contributed by atoms with van der Waals surface area (Å²) in [5.41, 5.74) is -0.0702. The summed E-state index contributed by atoms with van der Waals surface area (Å²) in [5, 5.41) is 2.88. The van der Waals surface area contributed by atoms with Crippen molar-refractivity contribution in [3.8, 4) is 0 Å². The minimum atomic E-state index is -3.39. The fraction of sp³-hybridized carbons (Fsp3) is 1.00. The molecule has 0 aromatic carbocycles. The topological polar surface area (TPSA) is 55.4 Å². The van der Waals surface area contributed by atoms with E-state index in [1.807, 2.05) is 11.8 Å². The highest BCUT2D eigenvalue weighted by molar-refractivity contribution is 7.99. The molecule has 2 aliphatic heterocycles. The van der Waals surface area contributed by atoms with Gasteiger partial charge in [0.1, 0.15) is 5.25 Å². The second kappa shape index (κ2) is 6.10. The molecular formula is C10H20ClNO3S2. The Morgan fingerprint density at radius 2 is 2.06 bits per heavy atom. The summed E-state index contributed by atoms with van der Waals surface area (Å²) in [7, 11) is -3.39. The molecule has 0 amide bonds. The molecule has 2 heterocycles. The van der Waals surface area contributed by atoms with Crippen LogP contribution in [0, 0.1) is 5.41 Å². The van der Waals surface area contributed by atoms with Crippen LogP contribution in [0.15, 0.2) is 0 Å². The van der Waals surface area contributed by atoms with E-state index in [0.717, 1.165) is 30.9 Å². The summed E-state index contributed by atoms with van der Waals surface area (Å²) in [6.45, 7) is 3.34. The van der Waals surface area contributed by atoms with E-state index < -0.39 is 10.1 Å². The smallest absolute Gasteiger partial charge is 0.272 e. The first-order valence-corrected chi connectivity index (χ1v) is 8.40. The van der Waals surface area contributed by atoms with Crippen LogP contribution < -0.4 is 5.32 Å². The fourth-order valence-electron chi connectivity index (χ4n) is 2.71. The van der Waals surface area contributed by atoms with Crippen LogP contribution in [0.5, 0.6) is 0 Å². The van der Waals surface area contributed by atoms with Gasteiger partial charge in [-0.2, -0.15) is 20.2 Å². The summed E-state index contributed by atoms with van der Waals surface area (Å²) >= 11 is 1.92. The first-order valence-electron chi connectivity index (χ1n) is 5.77. The maximum Gasteiger partial charge on any atom is 0.272 e. The largest absolute Gasteiger partial charge is 0.315 e. The van der Waals surface area contributed by atoms with Crippen LogP contribution in [0.3, 0.4) is 0 Å². The van der Waals surface area contributed by atoms with E-state index in [2.05, 4.69) is 5.32 Å². The number of thioether (sulfide) groups is 1. The highest BCUT2D eigenvalue weighted by atomic mass is 35.5. The van der Waals surface area contributed by atoms with Crippen molar-refractivity contribution in [2.75, 3.05) is 31.2 Å². The zero-order valence-corrected chi connectivity index (χ0v) is 12.4. The van der Waals surface area contributed by atoms with Gasteiger partial charge in [-0.3, -0.25) is 4.18 Å². The van der Waals surface area contributed by atoms with E-state index >= 15 is 0 Å². The zero-order valence-electron chi connectivity index (χ0n) is 9.98. The lowest BCUT2D eigenvalue weighted by Crippen LogP contribution is -2.43. The second-order valence-corrected chi connectivity index (χ2v) is 7.51. The Labute approximate surface area is 114 Å². The van der Waals surface area contributed by atoms with Crippen LogP contribution >= 0.6 is 24.2 Å². The van der Waals surface area contributed by atoms with Crippen molar-refractivity contribution in [3.63, 3.8) is 0 Å². The van der Waals surface area contributed by atoms with E-state index in [1.54, 1.807) is 6.92 Å². The molecule has 1 atom stereocenters. The minimum Gasteiger partial charge on any atom is -0.315 e. The number of halogens is 1. The number of rotatable bonds is 3. The SMILES string of the molecule is CCOS(=O)(=O)C1CNCC12CCSCC2.Cl. The van der Waals surface area contributed by atoms with Gasteiger partial charge in [0.25, 0.3) is 10.1 Å². The van der Waals surface area contributed by atoms with Crippen LogP contribution in [-0.4, -0.2) is 44.9 Å². The molecule has 0 bridgehead atoms. The monoisotopic (exact) mass is 301 g/mol. The molecule has 4 nitrogen and oxygen atoms in total. The fourth-order valence-corrected chi connectivity index (χ4v) is 5.77. The van der Waals surface area contributed by atoms with Crippen LogP contribution in [0.1, 0.15) is 19.8 Å². The van der Waals surface area contributed by atoms with Gasteiger partial charge in [0, 0.05) is 18.5 Å². The van der Waals surface area contributed by atoms with E-state index in [9.17, 15) is 8.42 Å². The van der Waals surface area contributed by atoms with Crippen LogP contribution in [0.25, 0.3) is 0 Å². The standard InChI is InChI=1S/C10H19NO3S2.ClH/c1-2-14-16(12,13)9-7-11-8-10(9)3-5-15-6-4-10;/h9,11H,2-8H2,1H3;1H. The van der Waals surface area contributed by atoms with Gasteiger partial charge in [-0.05, 0) is 31.3 Å². The Hall–Kier alpha value is 0.510. The van der Waals surface area contributed by atoms with Gasteiger partial charge < -0.3 is 5.32 Å². The molecule has 1 unspecified atom stereocenters. The third kappa shape index (κ3) is 3.10. The van der Waals surface area contributed by atoms with Gasteiger partial charge in [0.15, 0.2) is 0 Å². The van der Waals surface area contributed by atoms with E-state index in [1.165, 1.54) is 0 Å². The van der Waals surface area contributed by atoms with Crippen molar-refractivity contribution in [1.82, 2.24) is 5.32 Å². The first-order chi connectivity index (χ1) is 7.61. The lowest BCUT2D eigenvalue weighted by atomic mass is 9.81. The summed E-state index contributed by atoms with van der Waals surface area (Å²) in [4.78, 5) is 0. The maximum atomic E-state index is 12.0. The summed E-state index contributed by atoms with van der Waals surface area (Å²) in [6.07, 6.45) is 1.98. The van der Waals surface area contributed by atoms with Gasteiger partial charge in [-0.15, -0.1) is 12.4 Å². The molecule has 2 saturated heterocycles. The first kappa shape index (κ1) is 15.6. The summed E-state index contributed by atoms with van der Waals surface area (Å²) < 4.78 is 29.0. The Balaban J connectivity index is 0.00000144. The van der Waals surface area contributed by atoms with Gasteiger partial charge in [-0.25, -0.2) is 0 Å². The van der Waals surface area contributed by atoms with Gasteiger partial charge >= 0.3 is 0 Å². The van der Waals surface area contributed by atoms with Gasteiger partial charge in [-0.1, -0.05) is 0 Å². The molecule has 17 heavy (non-hydrogen) atoms. The molecule has 7 heteroatoms. The predicted octanol–water partition coefficient (Wildman–Crippen LogP) is 1.26. The Bertz CT molecular complexity index is 341. The normalized spacial score (nSPS) is 27.9. The highest BCUT2D eigenvalue weighted by Gasteiger charge is 2.50. The molecular weight excluding hydrogens is 282 g/mol. The molecule has 102 valence electrons. The summed E-state index contributed by atoms with van der Waals surface area (Å²) in [5.74, 6) is 2.14. The molecule has 1 N–H and O–H groups in total. The van der Waals surface area contributed by atoms with E-state index in [4.69, 9.17) is 4.18 Å². The number of hydrogen-bond donors (Lipinski definition) is 1. The zero-order chi connectivity index (χ0) is 11.6. The van der Waals surface area contributed by atoms with E-state index in [0.29, 0.717) is 6.54 Å². The van der Waals surface area contributed by atoms with Crippen molar-refractivity contribution in [2.24, 2.45) is 5.41 Å². The highest BCUT2D eigenvalue weighted by Crippen LogP contribution is 2.43. The second-order valence-electron chi connectivity index (χ2n) is 4.49. The van der Waals surface area contributed by atoms with Crippen LogP contribution in [0.2, 0.25) is 0 Å². The molecule has 2 fully saturated rings. The van der Waals surface area contributed by atoms with Crippen molar-refractivity contribution < 1.29 is 12.6 Å². The molecule has 0 aromatic rings. The average Bonchev–Trinajstić information content (AvgIpc) is 2.63. The lowest BCUT2D eigenvalue weighted by Gasteiger charge is -2.36. The van der Waals surface area contributed by atoms with Crippen molar-refractivity contribution in [1.29, 1.82) is 0 Å². The van der Waals surface area contributed by atoms with Crippen molar-refractivity contribution in [3.05, 3.63) is 0 Å². The van der Waals surface area contributed by atoms with Crippen LogP contribution in [0.4, 0.5) is 0 Å². The molecule has 0 saturated carbocycles. The quantitative estimate of drug-likeness (QED) is 0.795. The third-order valence-electron chi connectivity index (χ3n) is 3.61. The number of nitrogens with one attached hydrogen (secondary N) is 1. The average molecular weight is 302 g/mol. The van der Waals surface area contributed by atoms with Gasteiger partial charge in [0.2, 0.25) is 0 Å². The Morgan fingerprint density at radius 3 is 2.65 bits per heavy atom. The predicted molar refractivity (Wildman–Crippen MR) is 73.4 cm³/mol. The van der Waals surface area contributed by atoms with Crippen molar-refractivity contribution in [2.45, 2.75) is 25.0 Å². The molecule has 0 aromatic heterocycles. The Kier molecular flexibility index (Phi) is 5.59. The molecule has 1 spiro atoms. The van der Waals surface area contributed by atoms with E-state index in [-0.39, 0.29) is 29.7 Å². The van der Waals surface area contributed by atoms with Crippen molar-refractivity contribution >= 4 is 34.3 Å². The molecule has 0 aliphatic carbocycles. The van der Waals surface area contributed by atoms with Gasteiger partial charge in [0.05, 0.1) is 6.61 Å². The lowest BCUT2D eigenvalue weighted by molar-refractivity contribution is 0.266.